The Balaban J connectivity index is 0.962. The summed E-state index contributed by atoms with van der Waals surface area (Å²) in [5.74, 6) is -1.05. The van der Waals surface area contributed by atoms with Crippen LogP contribution in [0.1, 0.15) is 54.9 Å². The molecule has 5 amide bonds. The zero-order valence-corrected chi connectivity index (χ0v) is 31.7. The fourth-order valence-electron chi connectivity index (χ4n) is 6.44. The second-order valence-electron chi connectivity index (χ2n) is 14.1. The highest BCUT2D eigenvalue weighted by Crippen LogP contribution is 2.33. The number of halogens is 3. The molecule has 0 radical (unpaired) electrons. The average Bonchev–Trinajstić information content (AvgIpc) is 3.19. The highest BCUT2D eigenvalue weighted by atomic mass is 19.4. The Morgan fingerprint density at radius 2 is 1.79 bits per heavy atom. The fraction of sp³-hybridized carbons (Fsp3) is 0.425. The molecule has 302 valence electrons. The van der Waals surface area contributed by atoms with Crippen LogP contribution in [0.4, 0.5) is 24.7 Å². The lowest BCUT2D eigenvalue weighted by atomic mass is 10.0. The number of carbonyl (C=O) groups excluding carboxylic acids is 5. The minimum absolute atomic E-state index is 0.0285. The van der Waals surface area contributed by atoms with Crippen molar-refractivity contribution in [1.29, 1.82) is 5.26 Å². The number of nitrogens with zero attached hydrogens (tertiary/aromatic N) is 5. The van der Waals surface area contributed by atoms with Crippen molar-refractivity contribution in [3.8, 4) is 11.8 Å². The van der Waals surface area contributed by atoms with Crippen molar-refractivity contribution >= 4 is 41.0 Å². The molecule has 3 aromatic rings. The Labute approximate surface area is 328 Å². The number of carbonyl (C=O) groups is 5. The first-order valence-corrected chi connectivity index (χ1v) is 18.6. The molecule has 1 unspecified atom stereocenters. The average molecular weight is 791 g/mol. The monoisotopic (exact) mass is 790 g/mol. The zero-order valence-electron chi connectivity index (χ0n) is 31.7. The molecule has 2 aromatic carbocycles. The number of hydrogen-bond donors (Lipinski definition) is 3. The number of nitrogens with one attached hydrogen (secondary N) is 3. The molecule has 0 bridgehead atoms. The molecule has 2 atom stereocenters. The van der Waals surface area contributed by atoms with Gasteiger partial charge in [-0.1, -0.05) is 19.1 Å². The van der Waals surface area contributed by atoms with E-state index < -0.39 is 41.1 Å². The molecule has 3 N–H and O–H groups in total. The largest absolute Gasteiger partial charge is 0.493 e. The van der Waals surface area contributed by atoms with Gasteiger partial charge in [0.1, 0.15) is 17.6 Å². The second-order valence-corrected chi connectivity index (χ2v) is 14.1. The number of aromatic nitrogens is 1. The summed E-state index contributed by atoms with van der Waals surface area (Å²) in [6.45, 7) is 5.70. The van der Waals surface area contributed by atoms with Crippen LogP contribution >= 0.6 is 0 Å². The van der Waals surface area contributed by atoms with E-state index in [4.69, 9.17) is 10.00 Å². The van der Waals surface area contributed by atoms with Crippen molar-refractivity contribution in [3.63, 3.8) is 0 Å². The van der Waals surface area contributed by atoms with Crippen LogP contribution in [0.3, 0.4) is 0 Å². The Morgan fingerprint density at radius 3 is 2.47 bits per heavy atom. The minimum Gasteiger partial charge on any atom is -0.493 e. The maximum absolute atomic E-state index is 13.3. The zero-order chi connectivity index (χ0) is 41.1. The van der Waals surface area contributed by atoms with E-state index in [0.717, 1.165) is 61.8 Å². The van der Waals surface area contributed by atoms with Crippen LogP contribution in [0, 0.1) is 17.2 Å². The highest BCUT2D eigenvalue weighted by molar-refractivity contribution is 6.01. The van der Waals surface area contributed by atoms with Crippen molar-refractivity contribution in [2.75, 3.05) is 56.6 Å². The first kappa shape index (κ1) is 42.1. The third-order valence-electron chi connectivity index (χ3n) is 9.88. The molecule has 2 saturated heterocycles. The van der Waals surface area contributed by atoms with Crippen LogP contribution in [0.25, 0.3) is 0 Å². The highest BCUT2D eigenvalue weighted by Gasteiger charge is 2.34. The van der Waals surface area contributed by atoms with Crippen LogP contribution in [-0.2, 0) is 43.1 Å². The molecule has 2 aliphatic heterocycles. The molecule has 3 heterocycles. The molecule has 2 fully saturated rings. The summed E-state index contributed by atoms with van der Waals surface area (Å²) in [6.07, 6.45) is -1.39. The first-order valence-electron chi connectivity index (χ1n) is 18.6. The summed E-state index contributed by atoms with van der Waals surface area (Å²) in [5, 5.41) is 16.6. The van der Waals surface area contributed by atoms with E-state index in [1.54, 1.807) is 50.5 Å². The van der Waals surface area contributed by atoms with Crippen molar-refractivity contribution < 1.29 is 41.9 Å². The molecular weight excluding hydrogens is 745 g/mol. The first-order chi connectivity index (χ1) is 27.2. The topological polar surface area (TPSA) is 177 Å². The molecule has 14 nitrogen and oxygen atoms in total. The van der Waals surface area contributed by atoms with Gasteiger partial charge in [-0.2, -0.15) is 18.4 Å². The summed E-state index contributed by atoms with van der Waals surface area (Å²) < 4.78 is 45.5. The van der Waals surface area contributed by atoms with Gasteiger partial charge in [-0.3, -0.25) is 34.2 Å². The number of alkyl halides is 3. The maximum Gasteiger partial charge on any atom is 0.417 e. The smallest absolute Gasteiger partial charge is 0.417 e. The number of amides is 5. The van der Waals surface area contributed by atoms with Crippen LogP contribution in [0.2, 0.25) is 0 Å². The molecule has 0 aliphatic carbocycles. The number of hydrogen-bond acceptors (Lipinski definition) is 10. The van der Waals surface area contributed by atoms with Gasteiger partial charge in [-0.25, -0.2) is 4.98 Å². The van der Waals surface area contributed by atoms with E-state index in [-0.39, 0.29) is 42.9 Å². The number of nitriles is 1. The van der Waals surface area contributed by atoms with Crippen LogP contribution < -0.4 is 25.6 Å². The lowest BCUT2D eigenvalue weighted by Gasteiger charge is -2.35. The van der Waals surface area contributed by atoms with Crippen molar-refractivity contribution in [2.45, 2.75) is 57.8 Å². The van der Waals surface area contributed by atoms with Crippen molar-refractivity contribution in [2.24, 2.45) is 5.92 Å². The summed E-state index contributed by atoms with van der Waals surface area (Å²) in [6, 6.07) is 14.5. The van der Waals surface area contributed by atoms with E-state index in [1.807, 2.05) is 6.07 Å². The maximum atomic E-state index is 13.3. The molecule has 0 saturated carbocycles. The Morgan fingerprint density at radius 1 is 1.05 bits per heavy atom. The van der Waals surface area contributed by atoms with Gasteiger partial charge in [0.05, 0.1) is 36.1 Å². The molecule has 57 heavy (non-hydrogen) atoms. The van der Waals surface area contributed by atoms with Gasteiger partial charge < -0.3 is 25.2 Å². The lowest BCUT2D eigenvalue weighted by molar-refractivity contribution is -0.144. The number of pyridine rings is 1. The SMILES string of the molecule is C[C@H](COc1ccc(CNC(=O)CCCN2CCN(c3cc(CC(=O)N(C)C4CCC(=O)NC4=O)ccn3)CC2)cc1)C(=O)Nc1ccc(C#N)c(C(F)(F)F)c1. The molecule has 2 aliphatic rings. The predicted molar refractivity (Wildman–Crippen MR) is 203 cm³/mol. The van der Waals surface area contributed by atoms with Gasteiger partial charge in [0.15, 0.2) is 0 Å². The van der Waals surface area contributed by atoms with E-state index in [0.29, 0.717) is 31.6 Å². The molecule has 0 spiro atoms. The van der Waals surface area contributed by atoms with E-state index in [9.17, 15) is 37.1 Å². The number of imide groups is 1. The lowest BCUT2D eigenvalue weighted by Crippen LogP contribution is -2.53. The van der Waals surface area contributed by atoms with Crippen molar-refractivity contribution in [3.05, 3.63) is 83.0 Å². The Kier molecular flexibility index (Phi) is 14.2. The Bertz CT molecular complexity index is 1980. The van der Waals surface area contributed by atoms with Gasteiger partial charge in [0.2, 0.25) is 29.5 Å². The van der Waals surface area contributed by atoms with Gasteiger partial charge >= 0.3 is 6.18 Å². The number of piperidine rings is 1. The third kappa shape index (κ3) is 12.0. The summed E-state index contributed by atoms with van der Waals surface area (Å²) >= 11 is 0. The van der Waals surface area contributed by atoms with Crippen LogP contribution in [0.15, 0.2) is 60.8 Å². The summed E-state index contributed by atoms with van der Waals surface area (Å²) in [7, 11) is 1.58. The number of anilines is 2. The number of benzene rings is 2. The Hall–Kier alpha value is -6.02. The van der Waals surface area contributed by atoms with Gasteiger partial charge in [0.25, 0.3) is 0 Å². The minimum atomic E-state index is -4.74. The van der Waals surface area contributed by atoms with Crippen LogP contribution in [-0.4, -0.2) is 96.7 Å². The van der Waals surface area contributed by atoms with Crippen LogP contribution in [0.5, 0.6) is 5.75 Å². The van der Waals surface area contributed by atoms with E-state index >= 15 is 0 Å². The van der Waals surface area contributed by atoms with Gasteiger partial charge in [0, 0.05) is 64.5 Å². The fourth-order valence-corrected chi connectivity index (χ4v) is 6.44. The van der Waals surface area contributed by atoms with Crippen molar-refractivity contribution in [1.82, 2.24) is 25.4 Å². The quantitative estimate of drug-likeness (QED) is 0.193. The number of rotatable bonds is 15. The van der Waals surface area contributed by atoms with E-state index in [2.05, 4.69) is 30.7 Å². The van der Waals surface area contributed by atoms with E-state index in [1.165, 1.54) is 17.0 Å². The standard InChI is InChI=1S/C40H45F3N8O6/c1-26(38(55)47-30-8-7-29(23-44)32(22-30)40(41,42)43)25-57-31-9-5-27(6-10-31)24-46-35(52)4-3-15-50-16-18-51(19-17-50)34-20-28(13-14-45-34)21-37(54)49(2)33-11-12-36(53)48-39(33)56/h5-10,13-14,20,22,26,33H,3-4,11-12,15-19,21,24-25H2,1-2H3,(H,46,52)(H,47,55)(H,48,53,56)/t26-,33?/m1/s1. The molecule has 17 heteroatoms. The summed E-state index contributed by atoms with van der Waals surface area (Å²) in [4.78, 5) is 72.1. The number of ether oxygens (including phenoxy) is 1. The van der Waals surface area contributed by atoms with Gasteiger partial charge in [-0.05, 0) is 73.0 Å². The predicted octanol–water partition coefficient (Wildman–Crippen LogP) is 3.65. The second kappa shape index (κ2) is 19.2. The molecular formula is C40H45F3N8O6. The third-order valence-corrected chi connectivity index (χ3v) is 9.88. The molecule has 1 aromatic heterocycles. The number of likely N-dealkylation sites (N-methyl/N-ethyl adjacent to an activating group) is 1. The molecule has 5 rings (SSSR count). The normalized spacial score (nSPS) is 16.6. The van der Waals surface area contributed by atoms with Gasteiger partial charge in [-0.15, -0.1) is 0 Å². The summed E-state index contributed by atoms with van der Waals surface area (Å²) in [5.41, 5.74) is -0.0984. The number of piperazine rings is 1.